The van der Waals surface area contributed by atoms with Crippen molar-refractivity contribution in [2.24, 2.45) is 40.4 Å². The molecular weight excluding hydrogens is 352 g/mol. The van der Waals surface area contributed by atoms with E-state index in [9.17, 15) is 0 Å². The van der Waals surface area contributed by atoms with Gasteiger partial charge in [0.15, 0.2) is 0 Å². The van der Waals surface area contributed by atoms with Crippen molar-refractivity contribution in [3.63, 3.8) is 0 Å². The van der Waals surface area contributed by atoms with Gasteiger partial charge in [-0.25, -0.2) is 0 Å². The first-order valence-corrected chi connectivity index (χ1v) is 12.9. The molecule has 0 radical (unpaired) electrons. The molecule has 0 heterocycles. The second-order valence-electron chi connectivity index (χ2n) is 14.3. The molecule has 4 aliphatic carbocycles. The minimum atomic E-state index is 0.606. The van der Waals surface area contributed by atoms with Crippen molar-refractivity contribution in [2.75, 3.05) is 42.3 Å². The number of quaternary nitrogens is 2. The first-order chi connectivity index (χ1) is 13.3. The number of fused-ring (bicyclic) bond motifs is 5. The molecule has 4 fully saturated rings. The maximum atomic E-state index is 2.74. The van der Waals surface area contributed by atoms with Crippen molar-refractivity contribution in [3.05, 3.63) is 0 Å². The zero-order valence-corrected chi connectivity index (χ0v) is 21.3. The molecule has 7 unspecified atom stereocenters. The predicted molar refractivity (Wildman–Crippen MR) is 125 cm³/mol. The molecule has 9 atom stereocenters. The van der Waals surface area contributed by atoms with E-state index >= 15 is 0 Å². The van der Waals surface area contributed by atoms with E-state index in [0.717, 1.165) is 46.2 Å². The third-order valence-electron chi connectivity index (χ3n) is 11.6. The number of rotatable bonds is 3. The Kier molecular flexibility index (Phi) is 5.31. The van der Waals surface area contributed by atoms with Crippen molar-refractivity contribution in [3.8, 4) is 0 Å². The van der Waals surface area contributed by atoms with Crippen LogP contribution in [0.5, 0.6) is 0 Å². The van der Waals surface area contributed by atoms with Gasteiger partial charge in [-0.2, -0.15) is 0 Å². The quantitative estimate of drug-likeness (QED) is 0.520. The Morgan fingerprint density at radius 3 is 1.97 bits per heavy atom. The lowest BCUT2D eigenvalue weighted by atomic mass is 9.44. The largest absolute Gasteiger partial charge is 0.328 e. The van der Waals surface area contributed by atoms with E-state index in [1.165, 1.54) is 55.8 Å². The van der Waals surface area contributed by atoms with Crippen LogP contribution in [-0.2, 0) is 0 Å². The summed E-state index contributed by atoms with van der Waals surface area (Å²) >= 11 is 0. The van der Waals surface area contributed by atoms with Crippen LogP contribution in [0, 0.1) is 40.4 Å². The zero-order valence-electron chi connectivity index (χ0n) is 21.3. The summed E-state index contributed by atoms with van der Waals surface area (Å²) in [6.07, 6.45) is 13.6. The predicted octanol–water partition coefficient (Wildman–Crippen LogP) is 5.81. The van der Waals surface area contributed by atoms with Gasteiger partial charge in [0, 0.05) is 12.3 Å². The van der Waals surface area contributed by atoms with Gasteiger partial charge in [0.2, 0.25) is 0 Å². The molecule has 0 aromatic rings. The van der Waals surface area contributed by atoms with E-state index < -0.39 is 0 Å². The molecule has 0 N–H and O–H groups in total. The Morgan fingerprint density at radius 2 is 1.34 bits per heavy atom. The van der Waals surface area contributed by atoms with Crippen LogP contribution >= 0.6 is 0 Å². The van der Waals surface area contributed by atoms with Gasteiger partial charge in [0.25, 0.3) is 0 Å². The number of hydrogen-bond acceptors (Lipinski definition) is 0. The lowest BCUT2D eigenvalue weighted by Gasteiger charge is -2.62. The fourth-order valence-corrected chi connectivity index (χ4v) is 9.31. The Labute approximate surface area is 182 Å². The van der Waals surface area contributed by atoms with Crippen LogP contribution in [0.25, 0.3) is 0 Å². The number of nitrogens with zero attached hydrogens (tertiary/aromatic N) is 2. The van der Waals surface area contributed by atoms with Gasteiger partial charge in [-0.3, -0.25) is 0 Å². The summed E-state index contributed by atoms with van der Waals surface area (Å²) < 4.78 is 2.30. The van der Waals surface area contributed by atoms with Gasteiger partial charge in [0.1, 0.15) is 0 Å². The van der Waals surface area contributed by atoms with Crippen molar-refractivity contribution < 1.29 is 8.97 Å². The molecule has 2 heteroatoms. The van der Waals surface area contributed by atoms with Gasteiger partial charge in [-0.05, 0) is 92.8 Å². The average molecular weight is 405 g/mol. The standard InChI is InChI=1S/C27H52N2/c1-19(28(4,5)6)23-12-13-24-22-11-10-20-18-21(29(7,8)9)14-16-26(20,2)25(22)15-17-27(23,24)3/h19-25H,10-18H2,1-9H3/q+2/t19?,20?,21?,22?,23?,24?,25?,26-,27+/m0/s1. The summed E-state index contributed by atoms with van der Waals surface area (Å²) in [6, 6.07) is 1.67. The summed E-state index contributed by atoms with van der Waals surface area (Å²) in [5.41, 5.74) is 1.24. The van der Waals surface area contributed by atoms with Crippen molar-refractivity contribution in [1.29, 1.82) is 0 Å². The molecule has 0 aliphatic heterocycles. The van der Waals surface area contributed by atoms with E-state index in [1.807, 2.05) is 0 Å². The molecule has 0 aromatic heterocycles. The molecule has 0 aromatic carbocycles. The molecule has 4 rings (SSSR count). The molecule has 0 saturated heterocycles. The summed E-state index contributed by atoms with van der Waals surface area (Å²) in [5, 5.41) is 0. The first kappa shape index (κ1) is 22.1. The van der Waals surface area contributed by atoms with Gasteiger partial charge < -0.3 is 8.97 Å². The van der Waals surface area contributed by atoms with Crippen LogP contribution in [-0.4, -0.2) is 63.3 Å². The maximum Gasteiger partial charge on any atom is 0.0889 e. The van der Waals surface area contributed by atoms with Crippen LogP contribution < -0.4 is 0 Å². The second-order valence-corrected chi connectivity index (χ2v) is 14.3. The highest BCUT2D eigenvalue weighted by Crippen LogP contribution is 2.68. The highest BCUT2D eigenvalue weighted by molar-refractivity contribution is 5.10. The Hall–Kier alpha value is -0.0800. The average Bonchev–Trinajstić information content (AvgIpc) is 2.95. The summed E-state index contributed by atoms with van der Waals surface area (Å²) in [4.78, 5) is 0. The normalized spacial score (nSPS) is 49.1. The molecule has 0 spiro atoms. The lowest BCUT2D eigenvalue weighted by Crippen LogP contribution is -2.58. The van der Waals surface area contributed by atoms with Crippen LogP contribution in [0.1, 0.15) is 78.6 Å². The van der Waals surface area contributed by atoms with Gasteiger partial charge in [-0.1, -0.05) is 13.8 Å². The third-order valence-corrected chi connectivity index (χ3v) is 11.6. The molecular formula is C27H52N2+2. The first-order valence-electron chi connectivity index (χ1n) is 12.9. The fraction of sp³-hybridized carbons (Fsp3) is 1.00. The van der Waals surface area contributed by atoms with E-state index in [2.05, 4.69) is 63.1 Å². The molecule has 4 aliphatic rings. The number of hydrogen-bond donors (Lipinski definition) is 0. The molecule has 2 nitrogen and oxygen atoms in total. The van der Waals surface area contributed by atoms with Crippen LogP contribution in [0.4, 0.5) is 0 Å². The minimum Gasteiger partial charge on any atom is -0.328 e. The summed E-state index contributed by atoms with van der Waals surface area (Å²) in [7, 11) is 14.6. The molecule has 0 amide bonds. The highest BCUT2D eigenvalue weighted by atomic mass is 15.3. The van der Waals surface area contributed by atoms with Crippen LogP contribution in [0.3, 0.4) is 0 Å². The van der Waals surface area contributed by atoms with Crippen molar-refractivity contribution in [1.82, 2.24) is 0 Å². The van der Waals surface area contributed by atoms with E-state index in [-0.39, 0.29) is 0 Å². The molecule has 4 saturated carbocycles. The monoisotopic (exact) mass is 404 g/mol. The summed E-state index contributed by atoms with van der Waals surface area (Å²) in [5.74, 6) is 4.97. The molecule has 0 bridgehead atoms. The van der Waals surface area contributed by atoms with Gasteiger partial charge in [-0.15, -0.1) is 0 Å². The van der Waals surface area contributed by atoms with Gasteiger partial charge >= 0.3 is 0 Å². The van der Waals surface area contributed by atoms with E-state index in [0.29, 0.717) is 10.8 Å². The minimum absolute atomic E-state index is 0.606. The Morgan fingerprint density at radius 1 is 0.724 bits per heavy atom. The zero-order chi connectivity index (χ0) is 21.4. The van der Waals surface area contributed by atoms with Crippen LogP contribution in [0.15, 0.2) is 0 Å². The van der Waals surface area contributed by atoms with E-state index in [4.69, 9.17) is 0 Å². The lowest BCUT2D eigenvalue weighted by molar-refractivity contribution is -0.899. The molecule has 29 heavy (non-hydrogen) atoms. The smallest absolute Gasteiger partial charge is 0.0889 e. The topological polar surface area (TPSA) is 0 Å². The molecule has 168 valence electrons. The van der Waals surface area contributed by atoms with Crippen LogP contribution in [0.2, 0.25) is 0 Å². The van der Waals surface area contributed by atoms with Crippen molar-refractivity contribution in [2.45, 2.75) is 90.6 Å². The second kappa shape index (κ2) is 6.96. The SMILES string of the molecule is CC(C1CCC2C3CCC4CC([N+](C)(C)C)CC[C@]4(C)C3CC[C@@]21C)[N+](C)(C)C. The summed E-state index contributed by atoms with van der Waals surface area (Å²) in [6.45, 7) is 8.01. The Balaban J connectivity index is 1.55. The van der Waals surface area contributed by atoms with E-state index in [1.54, 1.807) is 6.42 Å². The third kappa shape index (κ3) is 3.43. The van der Waals surface area contributed by atoms with Gasteiger partial charge in [0.05, 0.1) is 54.4 Å². The Bertz CT molecular complexity index is 613. The van der Waals surface area contributed by atoms with Crippen molar-refractivity contribution >= 4 is 0 Å². The fourth-order valence-electron chi connectivity index (χ4n) is 9.31. The maximum absolute atomic E-state index is 2.74. The highest BCUT2D eigenvalue weighted by Gasteiger charge is 2.62.